The summed E-state index contributed by atoms with van der Waals surface area (Å²) < 4.78 is 1.45. The molecular weight excluding hydrogens is 286 g/mol. The number of amides is 1. The lowest BCUT2D eigenvalue weighted by atomic mass is 10.3. The van der Waals surface area contributed by atoms with Gasteiger partial charge in [0.15, 0.2) is 5.69 Å². The molecule has 1 amide bonds. The SMILES string of the molecule is CNCCN(C)C(=O)c1ccn(-c2cccc([N+](=O)[O-])c2)n1. The molecule has 0 aliphatic carbocycles. The highest BCUT2D eigenvalue weighted by atomic mass is 16.6. The van der Waals surface area contributed by atoms with Gasteiger partial charge in [-0.1, -0.05) is 6.07 Å². The van der Waals surface area contributed by atoms with Gasteiger partial charge >= 0.3 is 0 Å². The number of nitro benzene ring substituents is 1. The number of benzene rings is 1. The number of nitrogens with zero attached hydrogens (tertiary/aromatic N) is 4. The maximum Gasteiger partial charge on any atom is 0.274 e. The van der Waals surface area contributed by atoms with Crippen LogP contribution in [-0.2, 0) is 0 Å². The molecule has 0 unspecified atom stereocenters. The summed E-state index contributed by atoms with van der Waals surface area (Å²) in [6.45, 7) is 1.26. The molecule has 0 spiro atoms. The Balaban J connectivity index is 2.19. The molecule has 0 aliphatic heterocycles. The summed E-state index contributed by atoms with van der Waals surface area (Å²) in [7, 11) is 3.52. The van der Waals surface area contributed by atoms with Crippen LogP contribution in [0.5, 0.6) is 0 Å². The summed E-state index contributed by atoms with van der Waals surface area (Å²) in [6.07, 6.45) is 1.61. The quantitative estimate of drug-likeness (QED) is 0.636. The van der Waals surface area contributed by atoms with Crippen LogP contribution in [0.25, 0.3) is 5.69 Å². The lowest BCUT2D eigenvalue weighted by Crippen LogP contribution is -2.33. The Labute approximate surface area is 127 Å². The number of non-ortho nitro benzene ring substituents is 1. The summed E-state index contributed by atoms with van der Waals surface area (Å²) in [5, 5.41) is 18.0. The van der Waals surface area contributed by atoms with E-state index >= 15 is 0 Å². The van der Waals surface area contributed by atoms with Crippen LogP contribution in [0.1, 0.15) is 10.5 Å². The zero-order valence-corrected chi connectivity index (χ0v) is 12.4. The Kier molecular flexibility index (Phi) is 4.84. The zero-order valence-electron chi connectivity index (χ0n) is 12.4. The molecule has 0 bridgehead atoms. The normalized spacial score (nSPS) is 10.5. The number of carbonyl (C=O) groups is 1. The van der Waals surface area contributed by atoms with E-state index < -0.39 is 4.92 Å². The smallest absolute Gasteiger partial charge is 0.274 e. The minimum absolute atomic E-state index is 0.0213. The van der Waals surface area contributed by atoms with E-state index in [0.29, 0.717) is 24.5 Å². The number of rotatable bonds is 6. The standard InChI is InChI=1S/C14H17N5O3/c1-15-7-9-17(2)14(20)13-6-8-18(16-13)11-4-3-5-12(10-11)19(21)22/h3-6,8,10,15H,7,9H2,1-2H3. The molecular formula is C14H17N5O3. The first kappa shape index (κ1) is 15.6. The van der Waals surface area contributed by atoms with Crippen molar-refractivity contribution in [2.75, 3.05) is 27.2 Å². The number of nitro groups is 1. The molecule has 0 atom stereocenters. The molecule has 2 aromatic rings. The maximum absolute atomic E-state index is 12.2. The van der Waals surface area contributed by atoms with Gasteiger partial charge in [-0.25, -0.2) is 4.68 Å². The van der Waals surface area contributed by atoms with Crippen molar-refractivity contribution in [2.24, 2.45) is 0 Å². The first-order valence-corrected chi connectivity index (χ1v) is 6.73. The van der Waals surface area contributed by atoms with E-state index in [0.717, 1.165) is 0 Å². The monoisotopic (exact) mass is 303 g/mol. The number of likely N-dealkylation sites (N-methyl/N-ethyl adjacent to an activating group) is 2. The van der Waals surface area contributed by atoms with Crippen LogP contribution < -0.4 is 5.32 Å². The second-order valence-corrected chi connectivity index (χ2v) is 4.75. The third-order valence-electron chi connectivity index (χ3n) is 3.16. The molecule has 1 aromatic carbocycles. The third kappa shape index (κ3) is 3.47. The Morgan fingerprint density at radius 2 is 2.23 bits per heavy atom. The summed E-state index contributed by atoms with van der Waals surface area (Å²) in [5.74, 6) is -0.195. The second kappa shape index (κ2) is 6.81. The van der Waals surface area contributed by atoms with Crippen molar-refractivity contribution in [1.29, 1.82) is 0 Å². The van der Waals surface area contributed by atoms with Crippen LogP contribution >= 0.6 is 0 Å². The average molecular weight is 303 g/mol. The summed E-state index contributed by atoms with van der Waals surface area (Å²) in [5.41, 5.74) is 0.809. The highest BCUT2D eigenvalue weighted by Crippen LogP contribution is 2.16. The first-order chi connectivity index (χ1) is 10.5. The van der Waals surface area contributed by atoms with E-state index in [1.54, 1.807) is 36.3 Å². The molecule has 0 radical (unpaired) electrons. The van der Waals surface area contributed by atoms with E-state index in [-0.39, 0.29) is 11.6 Å². The fraction of sp³-hybridized carbons (Fsp3) is 0.286. The van der Waals surface area contributed by atoms with Gasteiger partial charge in [-0.2, -0.15) is 5.10 Å². The van der Waals surface area contributed by atoms with Crippen molar-refractivity contribution >= 4 is 11.6 Å². The van der Waals surface area contributed by atoms with Crippen molar-refractivity contribution in [2.45, 2.75) is 0 Å². The number of nitrogens with one attached hydrogen (secondary N) is 1. The van der Waals surface area contributed by atoms with Gasteiger partial charge < -0.3 is 10.2 Å². The van der Waals surface area contributed by atoms with E-state index in [1.165, 1.54) is 16.8 Å². The molecule has 0 saturated heterocycles. The Morgan fingerprint density at radius 3 is 2.91 bits per heavy atom. The largest absolute Gasteiger partial charge is 0.339 e. The van der Waals surface area contributed by atoms with Gasteiger partial charge in [-0.3, -0.25) is 14.9 Å². The molecule has 1 heterocycles. The predicted molar refractivity (Wildman–Crippen MR) is 81.1 cm³/mol. The molecule has 8 nitrogen and oxygen atoms in total. The van der Waals surface area contributed by atoms with Crippen LogP contribution in [0.2, 0.25) is 0 Å². The van der Waals surface area contributed by atoms with Crippen molar-refractivity contribution in [3.05, 3.63) is 52.3 Å². The zero-order chi connectivity index (χ0) is 16.1. The van der Waals surface area contributed by atoms with Crippen molar-refractivity contribution < 1.29 is 9.72 Å². The van der Waals surface area contributed by atoms with E-state index in [9.17, 15) is 14.9 Å². The lowest BCUT2D eigenvalue weighted by molar-refractivity contribution is -0.384. The van der Waals surface area contributed by atoms with Crippen LogP contribution in [0.4, 0.5) is 5.69 Å². The summed E-state index contributed by atoms with van der Waals surface area (Å²) >= 11 is 0. The predicted octanol–water partition coefficient (Wildman–Crippen LogP) is 1.07. The fourth-order valence-electron chi connectivity index (χ4n) is 1.91. The van der Waals surface area contributed by atoms with Gasteiger partial charge in [-0.05, 0) is 19.2 Å². The molecule has 116 valence electrons. The van der Waals surface area contributed by atoms with Crippen molar-refractivity contribution in [1.82, 2.24) is 20.0 Å². The van der Waals surface area contributed by atoms with E-state index in [4.69, 9.17) is 0 Å². The minimum atomic E-state index is -0.468. The van der Waals surface area contributed by atoms with Gasteiger partial charge in [-0.15, -0.1) is 0 Å². The van der Waals surface area contributed by atoms with Crippen LogP contribution in [0.15, 0.2) is 36.5 Å². The number of hydrogen-bond donors (Lipinski definition) is 1. The van der Waals surface area contributed by atoms with Crippen molar-refractivity contribution in [3.8, 4) is 5.69 Å². The van der Waals surface area contributed by atoms with Gasteiger partial charge in [0, 0.05) is 38.5 Å². The third-order valence-corrected chi connectivity index (χ3v) is 3.16. The lowest BCUT2D eigenvalue weighted by Gasteiger charge is -2.15. The highest BCUT2D eigenvalue weighted by Gasteiger charge is 2.15. The van der Waals surface area contributed by atoms with Crippen molar-refractivity contribution in [3.63, 3.8) is 0 Å². The number of carbonyl (C=O) groups excluding carboxylic acids is 1. The second-order valence-electron chi connectivity index (χ2n) is 4.75. The Hall–Kier alpha value is -2.74. The minimum Gasteiger partial charge on any atom is -0.339 e. The molecule has 8 heteroatoms. The number of aromatic nitrogens is 2. The molecule has 0 saturated carbocycles. The number of hydrogen-bond acceptors (Lipinski definition) is 5. The van der Waals surface area contributed by atoms with Gasteiger partial charge in [0.25, 0.3) is 11.6 Å². The molecule has 2 rings (SSSR count). The van der Waals surface area contributed by atoms with E-state index in [2.05, 4.69) is 10.4 Å². The summed E-state index contributed by atoms with van der Waals surface area (Å²) in [4.78, 5) is 24.1. The van der Waals surface area contributed by atoms with Crippen LogP contribution in [0.3, 0.4) is 0 Å². The molecule has 1 aromatic heterocycles. The molecule has 0 fully saturated rings. The molecule has 22 heavy (non-hydrogen) atoms. The van der Waals surface area contributed by atoms with Gasteiger partial charge in [0.1, 0.15) is 0 Å². The summed E-state index contributed by atoms with van der Waals surface area (Å²) in [6, 6.07) is 7.68. The Bertz CT molecular complexity index is 683. The van der Waals surface area contributed by atoms with Crippen LogP contribution in [-0.4, -0.2) is 52.7 Å². The van der Waals surface area contributed by atoms with Gasteiger partial charge in [0.2, 0.25) is 0 Å². The van der Waals surface area contributed by atoms with Gasteiger partial charge in [0.05, 0.1) is 10.6 Å². The van der Waals surface area contributed by atoms with E-state index in [1.807, 2.05) is 7.05 Å². The fourth-order valence-corrected chi connectivity index (χ4v) is 1.91. The molecule has 1 N–H and O–H groups in total. The maximum atomic E-state index is 12.2. The van der Waals surface area contributed by atoms with Crippen LogP contribution in [0, 0.1) is 10.1 Å². The highest BCUT2D eigenvalue weighted by molar-refractivity contribution is 5.92. The average Bonchev–Trinajstić information content (AvgIpc) is 3.01. The Morgan fingerprint density at radius 1 is 1.45 bits per heavy atom. The molecule has 0 aliphatic rings. The first-order valence-electron chi connectivity index (χ1n) is 6.73. The topological polar surface area (TPSA) is 93.3 Å².